The molecule has 1 aromatic rings. The molecule has 1 aromatic carbocycles. The van der Waals surface area contributed by atoms with Crippen molar-refractivity contribution in [2.45, 2.75) is 38.8 Å². The van der Waals surface area contributed by atoms with Crippen molar-refractivity contribution in [2.75, 3.05) is 51.5 Å². The number of imide groups is 1. The number of rotatable bonds is 5. The van der Waals surface area contributed by atoms with Gasteiger partial charge in [-0.15, -0.1) is 0 Å². The van der Waals surface area contributed by atoms with Gasteiger partial charge in [-0.3, -0.25) is 29.6 Å². The molecular weight excluding hydrogens is 378 g/mol. The second-order valence-corrected chi connectivity index (χ2v) is 9.83. The monoisotopic (exact) mass is 411 g/mol. The highest BCUT2D eigenvalue weighted by Gasteiger charge is 2.38. The number of hydrogen-bond donors (Lipinski definition) is 2. The van der Waals surface area contributed by atoms with Crippen LogP contribution in [-0.2, 0) is 0 Å². The number of nitrogens with zero attached hydrogens (tertiary/aromatic N) is 3. The highest BCUT2D eigenvalue weighted by molar-refractivity contribution is 6.21. The summed E-state index contributed by atoms with van der Waals surface area (Å²) < 4.78 is 0. The van der Waals surface area contributed by atoms with Crippen LogP contribution in [0.3, 0.4) is 0 Å². The van der Waals surface area contributed by atoms with Crippen molar-refractivity contribution in [3.63, 3.8) is 0 Å². The van der Waals surface area contributed by atoms with E-state index >= 15 is 0 Å². The van der Waals surface area contributed by atoms with Crippen molar-refractivity contribution in [2.24, 2.45) is 0 Å². The number of hydrogen-bond acceptors (Lipinski definition) is 6. The Labute approximate surface area is 178 Å². The van der Waals surface area contributed by atoms with Gasteiger partial charge in [-0.25, -0.2) is 0 Å². The SMILES string of the molecule is CC1(C)C=C(CN2CCN(CCN3C(=O)c4ccc(N)cc4C3=O)CC2)C(C)(C)N1. The van der Waals surface area contributed by atoms with Gasteiger partial charge >= 0.3 is 0 Å². The van der Waals surface area contributed by atoms with Gasteiger partial charge in [0, 0.05) is 62.6 Å². The summed E-state index contributed by atoms with van der Waals surface area (Å²) in [6.45, 7) is 14.9. The van der Waals surface area contributed by atoms with Crippen LogP contribution in [0.1, 0.15) is 48.4 Å². The Morgan fingerprint density at radius 2 is 1.57 bits per heavy atom. The van der Waals surface area contributed by atoms with Crippen molar-refractivity contribution in [3.8, 4) is 0 Å². The third-order valence-corrected chi connectivity index (χ3v) is 6.47. The zero-order valence-corrected chi connectivity index (χ0v) is 18.5. The Morgan fingerprint density at radius 1 is 0.933 bits per heavy atom. The van der Waals surface area contributed by atoms with Gasteiger partial charge in [0.25, 0.3) is 11.8 Å². The molecule has 3 aliphatic heterocycles. The summed E-state index contributed by atoms with van der Waals surface area (Å²) in [5.74, 6) is -0.439. The van der Waals surface area contributed by atoms with Crippen LogP contribution in [0.15, 0.2) is 29.8 Å². The fourth-order valence-corrected chi connectivity index (χ4v) is 4.95. The molecule has 2 amide bonds. The van der Waals surface area contributed by atoms with Crippen LogP contribution in [-0.4, -0.2) is 83.4 Å². The van der Waals surface area contributed by atoms with E-state index in [9.17, 15) is 9.59 Å². The van der Waals surface area contributed by atoms with Crippen molar-refractivity contribution in [3.05, 3.63) is 41.0 Å². The molecule has 3 aliphatic rings. The number of nitrogens with two attached hydrogens (primary N) is 1. The lowest BCUT2D eigenvalue weighted by Gasteiger charge is -2.37. The molecule has 0 aliphatic carbocycles. The van der Waals surface area contributed by atoms with Crippen molar-refractivity contribution < 1.29 is 9.59 Å². The van der Waals surface area contributed by atoms with Crippen LogP contribution < -0.4 is 11.1 Å². The number of amides is 2. The van der Waals surface area contributed by atoms with E-state index in [0.29, 0.717) is 29.9 Å². The Bertz CT molecular complexity index is 897. The van der Waals surface area contributed by atoms with Gasteiger partial charge in [0.1, 0.15) is 0 Å². The van der Waals surface area contributed by atoms with Crippen LogP contribution in [0.5, 0.6) is 0 Å². The van der Waals surface area contributed by atoms with Gasteiger partial charge in [0.2, 0.25) is 0 Å². The molecule has 0 saturated carbocycles. The van der Waals surface area contributed by atoms with Gasteiger partial charge in [0.05, 0.1) is 11.1 Å². The molecule has 0 bridgehead atoms. The summed E-state index contributed by atoms with van der Waals surface area (Å²) in [5.41, 5.74) is 8.68. The topological polar surface area (TPSA) is 81.9 Å². The van der Waals surface area contributed by atoms with E-state index in [1.54, 1.807) is 18.2 Å². The maximum Gasteiger partial charge on any atom is 0.261 e. The van der Waals surface area contributed by atoms with E-state index in [1.807, 2.05) is 0 Å². The molecule has 0 atom stereocenters. The van der Waals surface area contributed by atoms with E-state index in [2.05, 4.69) is 48.9 Å². The van der Waals surface area contributed by atoms with Crippen LogP contribution in [0.25, 0.3) is 0 Å². The first-order chi connectivity index (χ1) is 14.1. The Hall–Kier alpha value is -2.22. The molecule has 0 radical (unpaired) electrons. The lowest BCUT2D eigenvalue weighted by atomic mass is 9.96. The number of nitrogens with one attached hydrogen (secondary N) is 1. The minimum absolute atomic E-state index is 0.0233. The molecule has 1 fully saturated rings. The number of anilines is 1. The largest absolute Gasteiger partial charge is 0.399 e. The fraction of sp³-hybridized carbons (Fsp3) is 0.565. The normalized spacial score (nSPS) is 23.7. The van der Waals surface area contributed by atoms with Crippen LogP contribution in [0.2, 0.25) is 0 Å². The zero-order valence-electron chi connectivity index (χ0n) is 18.5. The highest BCUT2D eigenvalue weighted by Crippen LogP contribution is 2.30. The number of carbonyl (C=O) groups excluding carboxylic acids is 2. The summed E-state index contributed by atoms with van der Waals surface area (Å²) in [6, 6.07) is 4.92. The molecule has 3 N–H and O–H groups in total. The number of benzene rings is 1. The summed E-state index contributed by atoms with van der Waals surface area (Å²) in [4.78, 5) is 31.4. The molecule has 30 heavy (non-hydrogen) atoms. The van der Waals surface area contributed by atoms with Gasteiger partial charge in [-0.1, -0.05) is 6.08 Å². The summed E-state index contributed by atoms with van der Waals surface area (Å²) in [5, 5.41) is 3.68. The van der Waals surface area contributed by atoms with Crippen molar-refractivity contribution in [1.82, 2.24) is 20.0 Å². The molecule has 1 saturated heterocycles. The van der Waals surface area contributed by atoms with Crippen LogP contribution >= 0.6 is 0 Å². The molecule has 7 heteroatoms. The lowest BCUT2D eigenvalue weighted by Crippen LogP contribution is -2.51. The molecule has 0 aromatic heterocycles. The number of piperazine rings is 1. The predicted octanol–water partition coefficient (Wildman–Crippen LogP) is 1.57. The number of carbonyl (C=O) groups is 2. The third kappa shape index (κ3) is 4.02. The van der Waals surface area contributed by atoms with Gasteiger partial charge in [-0.05, 0) is 51.5 Å². The Balaban J connectivity index is 1.28. The highest BCUT2D eigenvalue weighted by atomic mass is 16.2. The number of fused-ring (bicyclic) bond motifs is 1. The summed E-state index contributed by atoms with van der Waals surface area (Å²) >= 11 is 0. The summed E-state index contributed by atoms with van der Waals surface area (Å²) in [6.07, 6.45) is 2.37. The molecule has 7 nitrogen and oxygen atoms in total. The molecular formula is C23H33N5O2. The van der Waals surface area contributed by atoms with E-state index in [1.165, 1.54) is 10.5 Å². The van der Waals surface area contributed by atoms with E-state index in [4.69, 9.17) is 5.73 Å². The molecule has 162 valence electrons. The van der Waals surface area contributed by atoms with Crippen molar-refractivity contribution >= 4 is 17.5 Å². The van der Waals surface area contributed by atoms with E-state index in [-0.39, 0.29) is 22.9 Å². The molecule has 4 rings (SSSR count). The lowest BCUT2D eigenvalue weighted by molar-refractivity contribution is 0.0617. The van der Waals surface area contributed by atoms with E-state index < -0.39 is 0 Å². The average Bonchev–Trinajstić information content (AvgIpc) is 3.02. The Kier molecular flexibility index (Phi) is 5.24. The third-order valence-electron chi connectivity index (χ3n) is 6.47. The minimum atomic E-state index is -0.230. The van der Waals surface area contributed by atoms with E-state index in [0.717, 1.165) is 32.7 Å². The standard InChI is InChI=1S/C23H33N5O2/c1-22(2)14-16(23(3,4)25-22)15-27-9-7-26(8-10-27)11-12-28-20(29)18-6-5-17(24)13-19(18)21(28)30/h5-6,13-14,25H,7-12,15,24H2,1-4H3. The second kappa shape index (κ2) is 7.48. The van der Waals surface area contributed by atoms with Gasteiger partial charge in [-0.2, -0.15) is 0 Å². The maximum absolute atomic E-state index is 12.6. The maximum atomic E-state index is 12.6. The quantitative estimate of drug-likeness (QED) is 0.435. The second-order valence-electron chi connectivity index (χ2n) is 9.83. The molecule has 3 heterocycles. The smallest absolute Gasteiger partial charge is 0.261 e. The Morgan fingerprint density at radius 3 is 2.20 bits per heavy atom. The molecule has 0 unspecified atom stereocenters. The van der Waals surface area contributed by atoms with Crippen LogP contribution in [0, 0.1) is 0 Å². The van der Waals surface area contributed by atoms with Gasteiger partial charge < -0.3 is 5.73 Å². The fourth-order valence-electron chi connectivity index (χ4n) is 4.95. The first-order valence-corrected chi connectivity index (χ1v) is 10.8. The van der Waals surface area contributed by atoms with Gasteiger partial charge in [0.15, 0.2) is 0 Å². The first-order valence-electron chi connectivity index (χ1n) is 10.8. The van der Waals surface area contributed by atoms with Crippen LogP contribution in [0.4, 0.5) is 5.69 Å². The predicted molar refractivity (Wildman–Crippen MR) is 118 cm³/mol. The van der Waals surface area contributed by atoms with Crippen molar-refractivity contribution in [1.29, 1.82) is 0 Å². The summed E-state index contributed by atoms with van der Waals surface area (Å²) in [7, 11) is 0. The first kappa shape index (κ1) is 21.0. The molecule has 0 spiro atoms. The zero-order chi connectivity index (χ0) is 21.7. The minimum Gasteiger partial charge on any atom is -0.399 e. The average molecular weight is 412 g/mol. The number of nitrogen functional groups attached to an aromatic ring is 1.